The Labute approximate surface area is 130 Å². The Morgan fingerprint density at radius 2 is 2.24 bits per heavy atom. The SMILES string of the molecule is Cc1nc([C@@H]2CCCN2Cc2cccs2)cc(N(C)C)n1. The number of aromatic nitrogens is 2. The Morgan fingerprint density at radius 1 is 1.38 bits per heavy atom. The Kier molecular flexibility index (Phi) is 4.22. The maximum absolute atomic E-state index is 4.70. The lowest BCUT2D eigenvalue weighted by molar-refractivity contribution is 0.246. The van der Waals surface area contributed by atoms with Crippen LogP contribution in [0, 0.1) is 6.92 Å². The molecular weight excluding hydrogens is 280 g/mol. The standard InChI is InChI=1S/C16H22N4S/c1-12-17-14(10-16(18-12)19(2)3)15-7-4-8-20(15)11-13-6-5-9-21-13/h5-6,9-10,15H,4,7-8,11H2,1-3H3/t15-/m0/s1. The quantitative estimate of drug-likeness (QED) is 0.868. The monoisotopic (exact) mass is 302 g/mol. The molecule has 2 aromatic heterocycles. The second-order valence-corrected chi connectivity index (χ2v) is 6.83. The summed E-state index contributed by atoms with van der Waals surface area (Å²) in [6.45, 7) is 4.17. The minimum Gasteiger partial charge on any atom is -0.363 e. The molecule has 112 valence electrons. The lowest BCUT2D eigenvalue weighted by atomic mass is 10.1. The highest BCUT2D eigenvalue weighted by atomic mass is 32.1. The second-order valence-electron chi connectivity index (χ2n) is 5.80. The number of anilines is 1. The topological polar surface area (TPSA) is 32.3 Å². The number of rotatable bonds is 4. The van der Waals surface area contributed by atoms with Gasteiger partial charge in [-0.2, -0.15) is 0 Å². The number of nitrogens with zero attached hydrogens (tertiary/aromatic N) is 4. The zero-order valence-electron chi connectivity index (χ0n) is 12.9. The molecule has 0 bridgehead atoms. The van der Waals surface area contributed by atoms with Gasteiger partial charge in [-0.1, -0.05) is 6.07 Å². The maximum atomic E-state index is 4.70. The van der Waals surface area contributed by atoms with Crippen LogP contribution in [0.15, 0.2) is 23.6 Å². The van der Waals surface area contributed by atoms with Crippen LogP contribution in [0.5, 0.6) is 0 Å². The molecule has 0 N–H and O–H groups in total. The lowest BCUT2D eigenvalue weighted by Gasteiger charge is -2.24. The van der Waals surface area contributed by atoms with Crippen molar-refractivity contribution in [3.05, 3.63) is 40.0 Å². The van der Waals surface area contributed by atoms with Crippen LogP contribution in [0.2, 0.25) is 0 Å². The van der Waals surface area contributed by atoms with E-state index in [4.69, 9.17) is 4.98 Å². The molecule has 21 heavy (non-hydrogen) atoms. The van der Waals surface area contributed by atoms with Gasteiger partial charge in [0, 0.05) is 31.6 Å². The predicted octanol–water partition coefficient (Wildman–Crippen LogP) is 3.25. The smallest absolute Gasteiger partial charge is 0.132 e. The highest BCUT2D eigenvalue weighted by Gasteiger charge is 2.28. The molecule has 0 aromatic carbocycles. The molecule has 1 saturated heterocycles. The van der Waals surface area contributed by atoms with Crippen LogP contribution in [0.4, 0.5) is 5.82 Å². The summed E-state index contributed by atoms with van der Waals surface area (Å²) in [7, 11) is 4.06. The third-order valence-electron chi connectivity index (χ3n) is 3.95. The second kappa shape index (κ2) is 6.12. The van der Waals surface area contributed by atoms with Gasteiger partial charge in [-0.15, -0.1) is 11.3 Å². The summed E-state index contributed by atoms with van der Waals surface area (Å²) in [6, 6.07) is 6.91. The van der Waals surface area contributed by atoms with Gasteiger partial charge in [0.2, 0.25) is 0 Å². The van der Waals surface area contributed by atoms with E-state index < -0.39 is 0 Å². The van der Waals surface area contributed by atoms with Crippen molar-refractivity contribution in [1.29, 1.82) is 0 Å². The zero-order chi connectivity index (χ0) is 14.8. The van der Waals surface area contributed by atoms with Crippen molar-refractivity contribution in [2.45, 2.75) is 32.4 Å². The van der Waals surface area contributed by atoms with Gasteiger partial charge in [0.15, 0.2) is 0 Å². The first-order chi connectivity index (χ1) is 10.1. The van der Waals surface area contributed by atoms with Gasteiger partial charge in [0.05, 0.1) is 11.7 Å². The summed E-state index contributed by atoms with van der Waals surface area (Å²) < 4.78 is 0. The Bertz CT molecular complexity index is 594. The molecule has 0 aliphatic carbocycles. The predicted molar refractivity (Wildman–Crippen MR) is 87.8 cm³/mol. The molecule has 0 spiro atoms. The molecule has 1 atom stereocenters. The molecule has 1 aliphatic heterocycles. The van der Waals surface area contributed by atoms with Gasteiger partial charge < -0.3 is 4.90 Å². The molecule has 1 fully saturated rings. The van der Waals surface area contributed by atoms with E-state index in [0.29, 0.717) is 6.04 Å². The van der Waals surface area contributed by atoms with Crippen molar-refractivity contribution >= 4 is 17.2 Å². The number of aryl methyl sites for hydroxylation is 1. The number of thiophene rings is 1. The third-order valence-corrected chi connectivity index (χ3v) is 4.81. The highest BCUT2D eigenvalue weighted by molar-refractivity contribution is 7.09. The zero-order valence-corrected chi connectivity index (χ0v) is 13.7. The van der Waals surface area contributed by atoms with Crippen LogP contribution in [-0.4, -0.2) is 35.5 Å². The Balaban J connectivity index is 1.84. The van der Waals surface area contributed by atoms with Gasteiger partial charge in [0.25, 0.3) is 0 Å². The molecule has 2 aromatic rings. The summed E-state index contributed by atoms with van der Waals surface area (Å²) in [5, 5.41) is 2.15. The van der Waals surface area contributed by atoms with E-state index in [2.05, 4.69) is 38.4 Å². The fourth-order valence-electron chi connectivity index (χ4n) is 2.93. The van der Waals surface area contributed by atoms with Crippen molar-refractivity contribution in [1.82, 2.24) is 14.9 Å². The van der Waals surface area contributed by atoms with E-state index in [9.17, 15) is 0 Å². The number of hydrogen-bond acceptors (Lipinski definition) is 5. The largest absolute Gasteiger partial charge is 0.363 e. The summed E-state index contributed by atoms with van der Waals surface area (Å²) in [5.41, 5.74) is 1.17. The summed E-state index contributed by atoms with van der Waals surface area (Å²) >= 11 is 1.84. The lowest BCUT2D eigenvalue weighted by Crippen LogP contribution is -2.24. The average Bonchev–Trinajstić information content (AvgIpc) is 3.10. The van der Waals surface area contributed by atoms with Crippen molar-refractivity contribution in [3.8, 4) is 0 Å². The van der Waals surface area contributed by atoms with Crippen LogP contribution in [0.25, 0.3) is 0 Å². The summed E-state index contributed by atoms with van der Waals surface area (Å²) in [4.78, 5) is 15.2. The van der Waals surface area contributed by atoms with Crippen molar-refractivity contribution in [2.24, 2.45) is 0 Å². The minimum atomic E-state index is 0.424. The van der Waals surface area contributed by atoms with Crippen LogP contribution in [-0.2, 0) is 6.54 Å². The average molecular weight is 302 g/mol. The fraction of sp³-hybridized carbons (Fsp3) is 0.500. The first-order valence-corrected chi connectivity index (χ1v) is 8.31. The normalized spacial score (nSPS) is 19.1. The van der Waals surface area contributed by atoms with Gasteiger partial charge in [-0.3, -0.25) is 4.90 Å². The van der Waals surface area contributed by atoms with E-state index in [1.165, 1.54) is 23.4 Å². The van der Waals surface area contributed by atoms with E-state index in [0.717, 1.165) is 24.7 Å². The fourth-order valence-corrected chi connectivity index (χ4v) is 3.66. The maximum Gasteiger partial charge on any atom is 0.132 e. The van der Waals surface area contributed by atoms with E-state index in [1.54, 1.807) is 0 Å². The van der Waals surface area contributed by atoms with E-state index in [-0.39, 0.29) is 0 Å². The molecule has 0 unspecified atom stereocenters. The molecule has 4 nitrogen and oxygen atoms in total. The van der Waals surface area contributed by atoms with Crippen LogP contribution >= 0.6 is 11.3 Å². The third kappa shape index (κ3) is 3.24. The van der Waals surface area contributed by atoms with Crippen molar-refractivity contribution in [2.75, 3.05) is 25.5 Å². The molecule has 3 heterocycles. The van der Waals surface area contributed by atoms with Crippen molar-refractivity contribution in [3.63, 3.8) is 0 Å². The first kappa shape index (κ1) is 14.5. The number of likely N-dealkylation sites (tertiary alicyclic amines) is 1. The summed E-state index contributed by atoms with van der Waals surface area (Å²) in [5.74, 6) is 1.86. The van der Waals surface area contributed by atoms with Gasteiger partial charge >= 0.3 is 0 Å². The molecule has 0 radical (unpaired) electrons. The first-order valence-electron chi connectivity index (χ1n) is 7.43. The highest BCUT2D eigenvalue weighted by Crippen LogP contribution is 2.33. The molecule has 5 heteroatoms. The van der Waals surface area contributed by atoms with Gasteiger partial charge in [-0.05, 0) is 37.8 Å². The molecule has 3 rings (SSSR count). The molecule has 0 amide bonds. The van der Waals surface area contributed by atoms with Crippen LogP contribution < -0.4 is 4.90 Å². The van der Waals surface area contributed by atoms with Gasteiger partial charge in [-0.25, -0.2) is 9.97 Å². The van der Waals surface area contributed by atoms with Crippen LogP contribution in [0.1, 0.15) is 35.3 Å². The van der Waals surface area contributed by atoms with Crippen molar-refractivity contribution < 1.29 is 0 Å². The molecular formula is C16H22N4S. The van der Waals surface area contributed by atoms with E-state index in [1.807, 2.05) is 32.4 Å². The molecule has 1 aliphatic rings. The van der Waals surface area contributed by atoms with Gasteiger partial charge in [0.1, 0.15) is 11.6 Å². The van der Waals surface area contributed by atoms with Crippen LogP contribution in [0.3, 0.4) is 0 Å². The Morgan fingerprint density at radius 3 is 2.95 bits per heavy atom. The minimum absolute atomic E-state index is 0.424. The Hall–Kier alpha value is -1.46. The number of hydrogen-bond donors (Lipinski definition) is 0. The molecule has 0 saturated carbocycles. The summed E-state index contributed by atoms with van der Waals surface area (Å²) in [6.07, 6.45) is 2.44. The van der Waals surface area contributed by atoms with E-state index >= 15 is 0 Å².